The molecular formula is C13H7F3N4O. The summed E-state index contributed by atoms with van der Waals surface area (Å²) in [6, 6.07) is 4.23. The Kier molecular flexibility index (Phi) is 3.05. The Morgan fingerprint density at radius 2 is 1.81 bits per heavy atom. The topological polar surface area (TPSA) is 77.8 Å². The lowest BCUT2D eigenvalue weighted by Crippen LogP contribution is -1.95. The van der Waals surface area contributed by atoms with Crippen molar-refractivity contribution >= 4 is 5.69 Å². The Bertz CT molecular complexity index is 802. The molecule has 0 fully saturated rings. The van der Waals surface area contributed by atoms with Gasteiger partial charge in [-0.1, -0.05) is 5.16 Å². The number of hydrogen-bond donors (Lipinski definition) is 1. The highest BCUT2D eigenvalue weighted by atomic mass is 19.2. The van der Waals surface area contributed by atoms with E-state index in [9.17, 15) is 13.2 Å². The molecule has 2 heterocycles. The Morgan fingerprint density at radius 3 is 2.52 bits per heavy atom. The molecule has 0 aliphatic carbocycles. The largest absolute Gasteiger partial charge is 0.398 e. The second-order valence-electron chi connectivity index (χ2n) is 4.14. The van der Waals surface area contributed by atoms with Crippen LogP contribution in [0.2, 0.25) is 0 Å². The van der Waals surface area contributed by atoms with Gasteiger partial charge in [-0.15, -0.1) is 0 Å². The Morgan fingerprint density at radius 1 is 1.05 bits per heavy atom. The summed E-state index contributed by atoms with van der Waals surface area (Å²) in [6.45, 7) is 0. The highest BCUT2D eigenvalue weighted by Crippen LogP contribution is 2.28. The van der Waals surface area contributed by atoms with Crippen molar-refractivity contribution in [1.29, 1.82) is 0 Å². The molecule has 0 amide bonds. The number of halogens is 3. The minimum atomic E-state index is -1.08. The monoisotopic (exact) mass is 292 g/mol. The van der Waals surface area contributed by atoms with Gasteiger partial charge in [-0.25, -0.2) is 18.2 Å². The first-order valence-electron chi connectivity index (χ1n) is 5.75. The number of nitrogen functional groups attached to an aromatic ring is 1. The maximum atomic E-state index is 13.2. The van der Waals surface area contributed by atoms with Crippen molar-refractivity contribution < 1.29 is 17.7 Å². The smallest absolute Gasteiger partial charge is 0.260 e. The van der Waals surface area contributed by atoms with E-state index in [1.807, 2.05) is 0 Å². The highest BCUT2D eigenvalue weighted by molar-refractivity contribution is 5.71. The average molecular weight is 292 g/mol. The Labute approximate surface area is 116 Å². The number of aromatic nitrogens is 3. The van der Waals surface area contributed by atoms with Gasteiger partial charge in [0.25, 0.3) is 5.89 Å². The van der Waals surface area contributed by atoms with Crippen molar-refractivity contribution in [2.45, 2.75) is 0 Å². The number of rotatable bonds is 2. The molecule has 21 heavy (non-hydrogen) atoms. The number of benzene rings is 1. The maximum absolute atomic E-state index is 13.2. The van der Waals surface area contributed by atoms with Crippen molar-refractivity contribution in [2.24, 2.45) is 0 Å². The molecule has 8 heteroatoms. The van der Waals surface area contributed by atoms with Crippen molar-refractivity contribution in [3.05, 3.63) is 47.9 Å². The average Bonchev–Trinajstić information content (AvgIpc) is 2.93. The molecule has 1 aromatic carbocycles. The zero-order valence-corrected chi connectivity index (χ0v) is 10.3. The van der Waals surface area contributed by atoms with Gasteiger partial charge in [0.2, 0.25) is 5.82 Å². The highest BCUT2D eigenvalue weighted by Gasteiger charge is 2.16. The SMILES string of the molecule is Nc1cc(F)c(F)cc1-c1nc(-c2ccc(F)cn2)no1. The van der Waals surface area contributed by atoms with Crippen molar-refractivity contribution in [3.8, 4) is 23.0 Å². The molecule has 0 unspecified atom stereocenters. The molecule has 2 N–H and O–H groups in total. The van der Waals surface area contributed by atoms with Gasteiger partial charge in [0, 0.05) is 11.8 Å². The lowest BCUT2D eigenvalue weighted by Gasteiger charge is -2.01. The van der Waals surface area contributed by atoms with Gasteiger partial charge in [-0.3, -0.25) is 0 Å². The van der Waals surface area contributed by atoms with Crippen LogP contribution in [0.3, 0.4) is 0 Å². The first-order valence-corrected chi connectivity index (χ1v) is 5.75. The molecule has 0 aliphatic heterocycles. The van der Waals surface area contributed by atoms with Crippen molar-refractivity contribution in [2.75, 3.05) is 5.73 Å². The minimum Gasteiger partial charge on any atom is -0.398 e. The van der Waals surface area contributed by atoms with E-state index < -0.39 is 17.5 Å². The van der Waals surface area contributed by atoms with Gasteiger partial charge < -0.3 is 10.3 Å². The van der Waals surface area contributed by atoms with Crippen molar-refractivity contribution in [1.82, 2.24) is 15.1 Å². The lowest BCUT2D eigenvalue weighted by molar-refractivity contribution is 0.431. The summed E-state index contributed by atoms with van der Waals surface area (Å²) in [5, 5.41) is 3.64. The van der Waals surface area contributed by atoms with Gasteiger partial charge >= 0.3 is 0 Å². The molecule has 3 rings (SSSR count). The first kappa shape index (κ1) is 13.1. The standard InChI is InChI=1S/C13H7F3N4O/c14-6-1-2-11(18-5-6)12-19-13(21-20-12)7-3-8(15)9(16)4-10(7)17/h1-5H,17H2. The molecule has 5 nitrogen and oxygen atoms in total. The van der Waals surface area contributed by atoms with Crippen LogP contribution in [0.25, 0.3) is 23.0 Å². The quantitative estimate of drug-likeness (QED) is 0.735. The van der Waals surface area contributed by atoms with Crippen LogP contribution in [-0.4, -0.2) is 15.1 Å². The Balaban J connectivity index is 2.02. The first-order chi connectivity index (χ1) is 10.0. The summed E-state index contributed by atoms with van der Waals surface area (Å²) in [4.78, 5) is 7.76. The van der Waals surface area contributed by atoms with Gasteiger partial charge in [-0.2, -0.15) is 4.98 Å². The van der Waals surface area contributed by atoms with Crippen LogP contribution in [0.4, 0.5) is 18.9 Å². The summed E-state index contributed by atoms with van der Waals surface area (Å²) in [5.41, 5.74) is 5.88. The molecule has 0 aliphatic rings. The van der Waals surface area contributed by atoms with Crippen LogP contribution >= 0.6 is 0 Å². The molecule has 0 saturated heterocycles. The molecule has 2 aromatic heterocycles. The van der Waals surface area contributed by atoms with E-state index in [-0.39, 0.29) is 28.7 Å². The third-order valence-electron chi connectivity index (χ3n) is 2.71. The molecule has 0 spiro atoms. The summed E-state index contributed by atoms with van der Waals surface area (Å²) in [7, 11) is 0. The van der Waals surface area contributed by atoms with Crippen LogP contribution in [-0.2, 0) is 0 Å². The summed E-state index contributed by atoms with van der Waals surface area (Å²) < 4.78 is 44.0. The van der Waals surface area contributed by atoms with Crippen LogP contribution in [0.1, 0.15) is 0 Å². The number of nitrogens with zero attached hydrogens (tertiary/aromatic N) is 3. The zero-order chi connectivity index (χ0) is 15.0. The zero-order valence-electron chi connectivity index (χ0n) is 10.3. The molecule has 0 bridgehead atoms. The predicted molar refractivity (Wildman–Crippen MR) is 67.3 cm³/mol. The molecule has 106 valence electrons. The molecule has 0 saturated carbocycles. The van der Waals surface area contributed by atoms with E-state index in [1.165, 1.54) is 12.1 Å². The normalized spacial score (nSPS) is 10.8. The van der Waals surface area contributed by atoms with E-state index in [0.717, 1.165) is 18.3 Å². The van der Waals surface area contributed by atoms with E-state index in [2.05, 4.69) is 15.1 Å². The third kappa shape index (κ3) is 2.42. The Hall–Kier alpha value is -2.90. The van der Waals surface area contributed by atoms with Crippen LogP contribution in [0.15, 0.2) is 35.0 Å². The number of pyridine rings is 1. The molecule has 0 atom stereocenters. The maximum Gasteiger partial charge on any atom is 0.260 e. The fourth-order valence-corrected chi connectivity index (χ4v) is 1.69. The number of nitrogens with two attached hydrogens (primary N) is 1. The van der Waals surface area contributed by atoms with Gasteiger partial charge in [0.05, 0.1) is 11.8 Å². The van der Waals surface area contributed by atoms with Gasteiger partial charge in [0.15, 0.2) is 11.6 Å². The van der Waals surface area contributed by atoms with Crippen LogP contribution in [0, 0.1) is 17.5 Å². The lowest BCUT2D eigenvalue weighted by atomic mass is 10.1. The van der Waals surface area contributed by atoms with Gasteiger partial charge in [0.1, 0.15) is 11.5 Å². The fraction of sp³-hybridized carbons (Fsp3) is 0. The second-order valence-corrected chi connectivity index (χ2v) is 4.14. The van der Waals surface area contributed by atoms with Crippen LogP contribution < -0.4 is 5.73 Å². The number of hydrogen-bond acceptors (Lipinski definition) is 5. The van der Waals surface area contributed by atoms with E-state index in [4.69, 9.17) is 10.3 Å². The van der Waals surface area contributed by atoms with Crippen molar-refractivity contribution in [3.63, 3.8) is 0 Å². The second kappa shape index (κ2) is 4.89. The summed E-state index contributed by atoms with van der Waals surface area (Å²) >= 11 is 0. The third-order valence-corrected chi connectivity index (χ3v) is 2.71. The minimum absolute atomic E-state index is 0.0452. The summed E-state index contributed by atoms with van der Waals surface area (Å²) in [6.07, 6.45) is 0.997. The number of anilines is 1. The van der Waals surface area contributed by atoms with Crippen LogP contribution in [0.5, 0.6) is 0 Å². The summed E-state index contributed by atoms with van der Waals surface area (Å²) in [5.74, 6) is -2.68. The molecule has 0 radical (unpaired) electrons. The molecular weight excluding hydrogens is 285 g/mol. The predicted octanol–water partition coefficient (Wildman–Crippen LogP) is 2.80. The van der Waals surface area contributed by atoms with E-state index in [0.29, 0.717) is 0 Å². The fourth-order valence-electron chi connectivity index (χ4n) is 1.69. The molecule has 3 aromatic rings. The van der Waals surface area contributed by atoms with Gasteiger partial charge in [-0.05, 0) is 18.2 Å². The van der Waals surface area contributed by atoms with E-state index in [1.54, 1.807) is 0 Å². The van der Waals surface area contributed by atoms with E-state index >= 15 is 0 Å².